The highest BCUT2D eigenvalue weighted by molar-refractivity contribution is 6.05. The highest BCUT2D eigenvalue weighted by Crippen LogP contribution is 2.25. The first-order valence-corrected chi connectivity index (χ1v) is 6.38. The van der Waals surface area contributed by atoms with Crippen LogP contribution in [-0.4, -0.2) is 20.1 Å². The summed E-state index contributed by atoms with van der Waals surface area (Å²) in [6, 6.07) is 13.0. The molecule has 2 aromatic rings. The molecule has 0 saturated carbocycles. The molecule has 0 atom stereocenters. The van der Waals surface area contributed by atoms with Gasteiger partial charge in [-0.25, -0.2) is 0 Å². The first-order valence-electron chi connectivity index (χ1n) is 6.38. The number of aryl methyl sites for hydroxylation is 1. The smallest absolute Gasteiger partial charge is 0.255 e. The summed E-state index contributed by atoms with van der Waals surface area (Å²) in [7, 11) is 3.43. The van der Waals surface area contributed by atoms with E-state index in [-0.39, 0.29) is 5.91 Å². The largest absolute Gasteiger partial charge is 0.495 e. The molecule has 20 heavy (non-hydrogen) atoms. The Morgan fingerprint density at radius 1 is 1.10 bits per heavy atom. The topological polar surface area (TPSA) is 50.4 Å². The van der Waals surface area contributed by atoms with Crippen LogP contribution < -0.4 is 15.4 Å². The van der Waals surface area contributed by atoms with Gasteiger partial charge in [0.15, 0.2) is 0 Å². The van der Waals surface area contributed by atoms with Gasteiger partial charge in [-0.1, -0.05) is 6.07 Å². The average Bonchev–Trinajstić information content (AvgIpc) is 2.47. The highest BCUT2D eigenvalue weighted by atomic mass is 16.5. The molecule has 2 rings (SSSR count). The van der Waals surface area contributed by atoms with Gasteiger partial charge < -0.3 is 15.4 Å². The molecule has 1 amide bonds. The van der Waals surface area contributed by atoms with Crippen molar-refractivity contribution in [3.05, 3.63) is 53.6 Å². The number of amides is 1. The third-order valence-electron chi connectivity index (χ3n) is 3.04. The van der Waals surface area contributed by atoms with Gasteiger partial charge in [0.25, 0.3) is 5.91 Å². The summed E-state index contributed by atoms with van der Waals surface area (Å²) in [6.45, 7) is 1.97. The molecule has 4 nitrogen and oxygen atoms in total. The third kappa shape index (κ3) is 3.09. The lowest BCUT2D eigenvalue weighted by Crippen LogP contribution is -2.12. The summed E-state index contributed by atoms with van der Waals surface area (Å²) in [6.07, 6.45) is 0. The van der Waals surface area contributed by atoms with Crippen molar-refractivity contribution in [1.29, 1.82) is 0 Å². The van der Waals surface area contributed by atoms with Crippen LogP contribution in [0.5, 0.6) is 5.75 Å². The second-order valence-electron chi connectivity index (χ2n) is 4.49. The summed E-state index contributed by atoms with van der Waals surface area (Å²) < 4.78 is 5.25. The summed E-state index contributed by atoms with van der Waals surface area (Å²) >= 11 is 0. The van der Waals surface area contributed by atoms with Crippen LogP contribution in [-0.2, 0) is 0 Å². The Morgan fingerprint density at radius 3 is 2.40 bits per heavy atom. The molecule has 2 aromatic carbocycles. The van der Waals surface area contributed by atoms with Crippen LogP contribution in [0.15, 0.2) is 42.5 Å². The molecule has 104 valence electrons. The lowest BCUT2D eigenvalue weighted by Gasteiger charge is -2.11. The fraction of sp³-hybridized carbons (Fsp3) is 0.188. The Morgan fingerprint density at radius 2 is 1.80 bits per heavy atom. The molecule has 0 aliphatic rings. The van der Waals surface area contributed by atoms with E-state index in [1.54, 1.807) is 19.2 Å². The SMILES string of the molecule is CNc1ccc(C(=O)Nc2cc(C)ccc2OC)cc1. The van der Waals surface area contributed by atoms with Crippen molar-refractivity contribution in [2.24, 2.45) is 0 Å². The maximum atomic E-state index is 12.2. The minimum absolute atomic E-state index is 0.156. The van der Waals surface area contributed by atoms with Gasteiger partial charge in [-0.15, -0.1) is 0 Å². The van der Waals surface area contributed by atoms with Crippen LogP contribution in [0.3, 0.4) is 0 Å². The second kappa shape index (κ2) is 6.10. The predicted molar refractivity (Wildman–Crippen MR) is 81.7 cm³/mol. The number of hydrogen-bond donors (Lipinski definition) is 2. The van der Waals surface area contributed by atoms with Crippen molar-refractivity contribution in [2.75, 3.05) is 24.8 Å². The normalized spacial score (nSPS) is 9.95. The van der Waals surface area contributed by atoms with Crippen LogP contribution in [0.2, 0.25) is 0 Å². The van der Waals surface area contributed by atoms with E-state index in [9.17, 15) is 4.79 Å². The van der Waals surface area contributed by atoms with Crippen molar-refractivity contribution >= 4 is 17.3 Å². The number of carbonyl (C=O) groups is 1. The van der Waals surface area contributed by atoms with Crippen molar-refractivity contribution in [2.45, 2.75) is 6.92 Å². The van der Waals surface area contributed by atoms with E-state index in [1.165, 1.54) is 0 Å². The lowest BCUT2D eigenvalue weighted by molar-refractivity contribution is 0.102. The highest BCUT2D eigenvalue weighted by Gasteiger charge is 2.09. The van der Waals surface area contributed by atoms with Crippen molar-refractivity contribution < 1.29 is 9.53 Å². The standard InChI is InChI=1S/C16H18N2O2/c1-11-4-9-15(20-3)14(10-11)18-16(19)12-5-7-13(17-2)8-6-12/h4-10,17H,1-3H3,(H,18,19). The van der Waals surface area contributed by atoms with E-state index < -0.39 is 0 Å². The van der Waals surface area contributed by atoms with Crippen LogP contribution in [0.1, 0.15) is 15.9 Å². The molecular weight excluding hydrogens is 252 g/mol. The number of nitrogens with one attached hydrogen (secondary N) is 2. The molecule has 0 unspecified atom stereocenters. The lowest BCUT2D eigenvalue weighted by atomic mass is 10.1. The maximum absolute atomic E-state index is 12.2. The van der Waals surface area contributed by atoms with Crippen LogP contribution in [0.4, 0.5) is 11.4 Å². The molecule has 4 heteroatoms. The third-order valence-corrected chi connectivity index (χ3v) is 3.04. The zero-order valence-electron chi connectivity index (χ0n) is 11.9. The Balaban J connectivity index is 2.20. The average molecular weight is 270 g/mol. The number of ether oxygens (including phenoxy) is 1. The molecule has 2 N–H and O–H groups in total. The molecule has 0 radical (unpaired) electrons. The Bertz CT molecular complexity index is 606. The summed E-state index contributed by atoms with van der Waals surface area (Å²) in [5, 5.41) is 5.89. The molecule has 0 bridgehead atoms. The van der Waals surface area contributed by atoms with Crippen molar-refractivity contribution in [3.63, 3.8) is 0 Å². The quantitative estimate of drug-likeness (QED) is 0.896. The fourth-order valence-corrected chi connectivity index (χ4v) is 1.90. The van der Waals surface area contributed by atoms with E-state index in [1.807, 2.05) is 44.3 Å². The van der Waals surface area contributed by atoms with E-state index in [0.29, 0.717) is 17.0 Å². The second-order valence-corrected chi connectivity index (χ2v) is 4.49. The number of benzene rings is 2. The van der Waals surface area contributed by atoms with E-state index in [2.05, 4.69) is 10.6 Å². The molecule has 0 aromatic heterocycles. The van der Waals surface area contributed by atoms with Crippen LogP contribution in [0.25, 0.3) is 0 Å². The molecule has 0 saturated heterocycles. The van der Waals surface area contributed by atoms with Gasteiger partial charge in [-0.3, -0.25) is 4.79 Å². The summed E-state index contributed by atoms with van der Waals surface area (Å²) in [5.41, 5.74) is 3.31. The zero-order valence-corrected chi connectivity index (χ0v) is 11.9. The van der Waals surface area contributed by atoms with E-state index in [4.69, 9.17) is 4.74 Å². The number of carbonyl (C=O) groups excluding carboxylic acids is 1. The molecule has 0 aliphatic heterocycles. The molecular formula is C16H18N2O2. The zero-order chi connectivity index (χ0) is 14.5. The van der Waals surface area contributed by atoms with Gasteiger partial charge >= 0.3 is 0 Å². The van der Waals surface area contributed by atoms with E-state index in [0.717, 1.165) is 11.3 Å². The van der Waals surface area contributed by atoms with Gasteiger partial charge in [-0.2, -0.15) is 0 Å². The molecule has 0 aliphatic carbocycles. The van der Waals surface area contributed by atoms with Gasteiger partial charge in [0.1, 0.15) is 5.75 Å². The van der Waals surface area contributed by atoms with Crippen LogP contribution in [0, 0.1) is 6.92 Å². The van der Waals surface area contributed by atoms with Crippen LogP contribution >= 0.6 is 0 Å². The Hall–Kier alpha value is -2.49. The first-order chi connectivity index (χ1) is 9.63. The number of methoxy groups -OCH3 is 1. The van der Waals surface area contributed by atoms with Gasteiger partial charge in [0.2, 0.25) is 0 Å². The fourth-order valence-electron chi connectivity index (χ4n) is 1.90. The number of rotatable bonds is 4. The molecule has 0 fully saturated rings. The minimum atomic E-state index is -0.156. The minimum Gasteiger partial charge on any atom is -0.495 e. The summed E-state index contributed by atoms with van der Waals surface area (Å²) in [5.74, 6) is 0.493. The predicted octanol–water partition coefficient (Wildman–Crippen LogP) is 3.30. The molecule has 0 spiro atoms. The Kier molecular flexibility index (Phi) is 4.25. The van der Waals surface area contributed by atoms with Gasteiger partial charge in [0, 0.05) is 18.3 Å². The summed E-state index contributed by atoms with van der Waals surface area (Å²) in [4.78, 5) is 12.2. The van der Waals surface area contributed by atoms with Gasteiger partial charge in [0.05, 0.1) is 12.8 Å². The van der Waals surface area contributed by atoms with Crippen molar-refractivity contribution in [3.8, 4) is 5.75 Å². The number of hydrogen-bond acceptors (Lipinski definition) is 3. The first kappa shape index (κ1) is 13.9. The van der Waals surface area contributed by atoms with Gasteiger partial charge in [-0.05, 0) is 48.9 Å². The molecule has 0 heterocycles. The maximum Gasteiger partial charge on any atom is 0.255 e. The number of anilines is 2. The van der Waals surface area contributed by atoms with Crippen molar-refractivity contribution in [1.82, 2.24) is 0 Å². The Labute approximate surface area is 118 Å². The van der Waals surface area contributed by atoms with E-state index >= 15 is 0 Å². The monoisotopic (exact) mass is 270 g/mol.